The predicted octanol–water partition coefficient (Wildman–Crippen LogP) is 3.70. The Balaban J connectivity index is 1.52. The van der Waals surface area contributed by atoms with Crippen LogP contribution in [0.25, 0.3) is 11.1 Å². The third-order valence-corrected chi connectivity index (χ3v) is 5.10. The van der Waals surface area contributed by atoms with E-state index in [9.17, 15) is 9.36 Å². The van der Waals surface area contributed by atoms with Crippen LogP contribution in [0.2, 0.25) is 0 Å². The summed E-state index contributed by atoms with van der Waals surface area (Å²) in [6, 6.07) is 24.9. The van der Waals surface area contributed by atoms with E-state index >= 15 is 0 Å². The van der Waals surface area contributed by atoms with Gasteiger partial charge < -0.3 is 25.6 Å². The summed E-state index contributed by atoms with van der Waals surface area (Å²) in [7, 11) is -4.72. The highest BCUT2D eigenvalue weighted by Gasteiger charge is 2.32. The molecule has 1 unspecified atom stereocenters. The van der Waals surface area contributed by atoms with Gasteiger partial charge in [-0.1, -0.05) is 54.6 Å². The Morgan fingerprint density at radius 3 is 2.16 bits per heavy atom. The number of rotatable bonds is 9. The van der Waals surface area contributed by atoms with Crippen LogP contribution in [0.5, 0.6) is 5.75 Å². The minimum Gasteiger partial charge on any atom is -0.489 e. The summed E-state index contributed by atoms with van der Waals surface area (Å²) in [4.78, 5) is 29.8. The maximum Gasteiger partial charge on any atom is 0.469 e. The van der Waals surface area contributed by atoms with Gasteiger partial charge in [0.15, 0.2) is 0 Å². The van der Waals surface area contributed by atoms with Crippen molar-refractivity contribution in [1.29, 1.82) is 0 Å². The molecule has 0 aliphatic carbocycles. The fourth-order valence-corrected chi connectivity index (χ4v) is 3.22. The van der Waals surface area contributed by atoms with Crippen molar-refractivity contribution in [3.05, 3.63) is 84.4 Å². The summed E-state index contributed by atoms with van der Waals surface area (Å²) in [6.45, 7) is 1.08. The van der Waals surface area contributed by atoms with E-state index in [1.165, 1.54) is 6.92 Å². The lowest BCUT2D eigenvalue weighted by atomic mass is 10.0. The molecule has 3 rings (SSSR count). The van der Waals surface area contributed by atoms with Crippen molar-refractivity contribution in [2.75, 3.05) is 11.9 Å². The number of hydrogen-bond donors (Lipinski definition) is 4. The van der Waals surface area contributed by atoms with Gasteiger partial charge in [-0.3, -0.25) is 9.32 Å². The van der Waals surface area contributed by atoms with E-state index in [1.807, 2.05) is 42.5 Å². The second-order valence-electron chi connectivity index (χ2n) is 7.51. The Morgan fingerprint density at radius 2 is 1.56 bits per heavy atom. The van der Waals surface area contributed by atoms with Crippen LogP contribution >= 0.6 is 7.82 Å². The van der Waals surface area contributed by atoms with Gasteiger partial charge in [-0.2, -0.15) is 0 Å². The number of phosphoric acid groups is 1. The van der Waals surface area contributed by atoms with Crippen LogP contribution in [-0.4, -0.2) is 27.8 Å². The fourth-order valence-electron chi connectivity index (χ4n) is 2.78. The maximum absolute atomic E-state index is 12.3. The number of nitrogens with two attached hydrogens (primary N) is 1. The summed E-state index contributed by atoms with van der Waals surface area (Å²) in [5, 5.41) is 2.59. The Morgan fingerprint density at radius 1 is 0.969 bits per heavy atom. The molecule has 8 nitrogen and oxygen atoms in total. The molecule has 5 N–H and O–H groups in total. The number of nitrogens with one attached hydrogen (secondary N) is 1. The number of phosphoric ester groups is 1. The molecule has 0 bridgehead atoms. The molecule has 0 saturated heterocycles. The van der Waals surface area contributed by atoms with Crippen LogP contribution in [0.4, 0.5) is 5.69 Å². The minimum absolute atomic E-state index is 0.390. The predicted molar refractivity (Wildman–Crippen MR) is 122 cm³/mol. The van der Waals surface area contributed by atoms with E-state index in [4.69, 9.17) is 20.3 Å². The molecule has 0 saturated carbocycles. The Kier molecular flexibility index (Phi) is 7.45. The minimum atomic E-state index is -4.72. The molecule has 3 aromatic rings. The van der Waals surface area contributed by atoms with Gasteiger partial charge in [0.1, 0.15) is 17.9 Å². The number of carbonyl (C=O) groups is 1. The summed E-state index contributed by atoms with van der Waals surface area (Å²) >= 11 is 0. The van der Waals surface area contributed by atoms with Crippen LogP contribution < -0.4 is 15.8 Å². The van der Waals surface area contributed by atoms with E-state index in [-0.39, 0.29) is 0 Å². The SMILES string of the molecule is CC(N)(COP(=O)(O)O)C(=O)Nc1ccc(OCc2ccc(-c3ccccc3)cc2)cc1. The molecule has 0 aromatic heterocycles. The first-order valence-electron chi connectivity index (χ1n) is 9.80. The maximum atomic E-state index is 12.3. The van der Waals surface area contributed by atoms with Gasteiger partial charge in [-0.25, -0.2) is 4.57 Å². The van der Waals surface area contributed by atoms with Gasteiger partial charge in [0, 0.05) is 5.69 Å². The summed E-state index contributed by atoms with van der Waals surface area (Å²) in [5.41, 5.74) is 7.94. The molecule has 32 heavy (non-hydrogen) atoms. The number of ether oxygens (including phenoxy) is 1. The zero-order chi connectivity index (χ0) is 23.2. The average Bonchev–Trinajstić information content (AvgIpc) is 2.78. The van der Waals surface area contributed by atoms with Crippen molar-refractivity contribution in [1.82, 2.24) is 0 Å². The molecule has 1 amide bonds. The van der Waals surface area contributed by atoms with E-state index < -0.39 is 25.9 Å². The smallest absolute Gasteiger partial charge is 0.469 e. The number of amides is 1. The first-order chi connectivity index (χ1) is 15.1. The lowest BCUT2D eigenvalue weighted by Gasteiger charge is -2.23. The summed E-state index contributed by atoms with van der Waals surface area (Å²) in [5.74, 6) is -0.0198. The molecule has 0 heterocycles. The molecule has 3 aromatic carbocycles. The Hall–Kier alpha value is -3.00. The van der Waals surface area contributed by atoms with Gasteiger partial charge in [0.05, 0.1) is 6.61 Å². The van der Waals surface area contributed by atoms with Crippen LogP contribution in [-0.2, 0) is 20.5 Å². The Labute approximate surface area is 186 Å². The second-order valence-corrected chi connectivity index (χ2v) is 8.75. The number of anilines is 1. The third kappa shape index (κ3) is 7.02. The van der Waals surface area contributed by atoms with Crippen LogP contribution in [0.1, 0.15) is 12.5 Å². The highest BCUT2D eigenvalue weighted by atomic mass is 31.2. The molecule has 1 atom stereocenters. The zero-order valence-electron chi connectivity index (χ0n) is 17.5. The largest absolute Gasteiger partial charge is 0.489 e. The quantitative estimate of drug-likeness (QED) is 0.361. The lowest BCUT2D eigenvalue weighted by Crippen LogP contribution is -2.52. The first-order valence-corrected chi connectivity index (χ1v) is 11.3. The fraction of sp³-hybridized carbons (Fsp3) is 0.174. The van der Waals surface area contributed by atoms with Gasteiger partial charge in [-0.05, 0) is 47.9 Å². The monoisotopic (exact) mass is 456 g/mol. The normalized spacial score (nSPS) is 13.2. The highest BCUT2D eigenvalue weighted by molar-refractivity contribution is 7.46. The first kappa shape index (κ1) is 23.7. The topological polar surface area (TPSA) is 131 Å². The van der Waals surface area contributed by atoms with Crippen molar-refractivity contribution in [2.45, 2.75) is 19.1 Å². The second kappa shape index (κ2) is 10.1. The standard InChI is InChI=1S/C23H25N2O6P/c1-23(24,16-31-32(27,28)29)22(26)25-20-11-13-21(14-12-20)30-15-17-7-9-19(10-8-17)18-5-3-2-4-6-18/h2-14H,15-16,24H2,1H3,(H,25,26)(H2,27,28,29). The molecule has 0 fully saturated rings. The molecule has 0 aliphatic rings. The van der Waals surface area contributed by atoms with Crippen molar-refractivity contribution in [3.63, 3.8) is 0 Å². The van der Waals surface area contributed by atoms with E-state index in [2.05, 4.69) is 22.0 Å². The van der Waals surface area contributed by atoms with Gasteiger partial charge in [-0.15, -0.1) is 0 Å². The number of hydrogen-bond acceptors (Lipinski definition) is 5. The van der Waals surface area contributed by atoms with E-state index in [0.29, 0.717) is 18.0 Å². The molecular weight excluding hydrogens is 431 g/mol. The van der Waals surface area contributed by atoms with Crippen molar-refractivity contribution in [2.24, 2.45) is 5.73 Å². The number of carbonyl (C=O) groups excluding carboxylic acids is 1. The number of benzene rings is 3. The van der Waals surface area contributed by atoms with Gasteiger partial charge in [0.2, 0.25) is 5.91 Å². The van der Waals surface area contributed by atoms with Gasteiger partial charge >= 0.3 is 7.82 Å². The van der Waals surface area contributed by atoms with Crippen LogP contribution in [0.15, 0.2) is 78.9 Å². The van der Waals surface area contributed by atoms with E-state index in [1.54, 1.807) is 24.3 Å². The molecule has 168 valence electrons. The molecule has 0 radical (unpaired) electrons. The van der Waals surface area contributed by atoms with Crippen molar-refractivity contribution >= 4 is 19.4 Å². The molecular formula is C23H25N2O6P. The lowest BCUT2D eigenvalue weighted by molar-refractivity contribution is -0.121. The molecule has 0 spiro atoms. The molecule has 0 aliphatic heterocycles. The average molecular weight is 456 g/mol. The van der Waals surface area contributed by atoms with Crippen LogP contribution in [0, 0.1) is 0 Å². The van der Waals surface area contributed by atoms with Crippen LogP contribution in [0.3, 0.4) is 0 Å². The third-order valence-electron chi connectivity index (χ3n) is 4.63. The Bertz CT molecular complexity index is 1080. The van der Waals surface area contributed by atoms with Crippen molar-refractivity contribution in [3.8, 4) is 16.9 Å². The summed E-state index contributed by atoms with van der Waals surface area (Å²) < 4.78 is 20.9. The molecule has 9 heteroatoms. The van der Waals surface area contributed by atoms with E-state index in [0.717, 1.165) is 16.7 Å². The highest BCUT2D eigenvalue weighted by Crippen LogP contribution is 2.36. The summed E-state index contributed by atoms with van der Waals surface area (Å²) in [6.07, 6.45) is 0. The zero-order valence-corrected chi connectivity index (χ0v) is 18.4. The van der Waals surface area contributed by atoms with Crippen molar-refractivity contribution < 1.29 is 28.4 Å². The van der Waals surface area contributed by atoms with Gasteiger partial charge in [0.25, 0.3) is 0 Å².